The third-order valence-corrected chi connectivity index (χ3v) is 4.90. The first-order chi connectivity index (χ1) is 10.6. The Balaban J connectivity index is 1.66. The van der Waals surface area contributed by atoms with Gasteiger partial charge in [-0.3, -0.25) is 4.79 Å². The molecule has 1 atom stereocenters. The molecule has 2 aliphatic heterocycles. The predicted octanol–water partition coefficient (Wildman–Crippen LogP) is 3.11. The maximum Gasteiger partial charge on any atom is 0.251 e. The van der Waals surface area contributed by atoms with Crippen LogP contribution in [-0.2, 0) is 9.47 Å². The molecule has 1 amide bonds. The van der Waals surface area contributed by atoms with Gasteiger partial charge in [0.1, 0.15) is 0 Å². The molecule has 2 aliphatic rings. The van der Waals surface area contributed by atoms with E-state index in [2.05, 4.69) is 5.32 Å². The number of ether oxygens (including phenoxy) is 2. The van der Waals surface area contributed by atoms with E-state index < -0.39 is 0 Å². The van der Waals surface area contributed by atoms with Gasteiger partial charge in [0.05, 0.1) is 5.60 Å². The van der Waals surface area contributed by atoms with Crippen LogP contribution in [0, 0.1) is 6.92 Å². The Morgan fingerprint density at radius 2 is 2.09 bits per heavy atom. The highest BCUT2D eigenvalue weighted by Gasteiger charge is 2.39. The highest BCUT2D eigenvalue weighted by atomic mass is 35.5. The van der Waals surface area contributed by atoms with Crippen molar-refractivity contribution in [3.63, 3.8) is 0 Å². The van der Waals surface area contributed by atoms with Crippen molar-refractivity contribution in [3.05, 3.63) is 34.3 Å². The number of carbonyl (C=O) groups is 1. The molecule has 2 saturated heterocycles. The fraction of sp³-hybridized carbons (Fsp3) is 0.588. The van der Waals surface area contributed by atoms with E-state index in [1.807, 2.05) is 13.0 Å². The first kappa shape index (κ1) is 15.8. The maximum absolute atomic E-state index is 12.5. The molecule has 22 heavy (non-hydrogen) atoms. The molecule has 1 aromatic carbocycles. The van der Waals surface area contributed by atoms with Crippen molar-refractivity contribution >= 4 is 17.5 Å². The molecule has 2 heterocycles. The van der Waals surface area contributed by atoms with Crippen molar-refractivity contribution in [1.29, 1.82) is 0 Å². The molecule has 120 valence electrons. The van der Waals surface area contributed by atoms with Gasteiger partial charge in [-0.2, -0.15) is 0 Å². The molecule has 0 radical (unpaired) electrons. The molecule has 0 saturated carbocycles. The zero-order valence-corrected chi connectivity index (χ0v) is 13.6. The summed E-state index contributed by atoms with van der Waals surface area (Å²) in [6, 6.07) is 5.53. The highest BCUT2D eigenvalue weighted by molar-refractivity contribution is 6.30. The minimum atomic E-state index is -0.108. The van der Waals surface area contributed by atoms with Crippen LogP contribution in [0.2, 0.25) is 5.02 Å². The number of amides is 1. The van der Waals surface area contributed by atoms with Gasteiger partial charge in [0.2, 0.25) is 0 Å². The van der Waals surface area contributed by atoms with Crippen LogP contribution in [-0.4, -0.2) is 37.4 Å². The fourth-order valence-electron chi connectivity index (χ4n) is 3.39. The third kappa shape index (κ3) is 3.45. The summed E-state index contributed by atoms with van der Waals surface area (Å²) in [5.74, 6) is -0.0247. The summed E-state index contributed by atoms with van der Waals surface area (Å²) in [5, 5.41) is 3.82. The van der Waals surface area contributed by atoms with E-state index in [-0.39, 0.29) is 17.6 Å². The molecular formula is C17H22ClNO3. The van der Waals surface area contributed by atoms with Gasteiger partial charge in [-0.05, 0) is 56.4 Å². The largest absolute Gasteiger partial charge is 0.381 e. The zero-order valence-electron chi connectivity index (χ0n) is 12.9. The van der Waals surface area contributed by atoms with Gasteiger partial charge in [-0.15, -0.1) is 0 Å². The van der Waals surface area contributed by atoms with E-state index in [1.54, 1.807) is 12.1 Å². The molecule has 4 nitrogen and oxygen atoms in total. The Labute approximate surface area is 136 Å². The Hall–Kier alpha value is -1.10. The van der Waals surface area contributed by atoms with Crippen LogP contribution < -0.4 is 5.32 Å². The van der Waals surface area contributed by atoms with Crippen LogP contribution in [0.3, 0.4) is 0 Å². The number of rotatable bonds is 2. The van der Waals surface area contributed by atoms with Crippen LogP contribution in [0.4, 0.5) is 0 Å². The fourth-order valence-corrected chi connectivity index (χ4v) is 3.61. The first-order valence-corrected chi connectivity index (χ1v) is 8.25. The number of hydrogen-bond donors (Lipinski definition) is 1. The molecule has 0 unspecified atom stereocenters. The number of hydrogen-bond acceptors (Lipinski definition) is 3. The lowest BCUT2D eigenvalue weighted by molar-refractivity contribution is -0.139. The lowest BCUT2D eigenvalue weighted by Gasteiger charge is -2.43. The van der Waals surface area contributed by atoms with Gasteiger partial charge in [0, 0.05) is 36.4 Å². The van der Waals surface area contributed by atoms with Crippen molar-refractivity contribution in [2.24, 2.45) is 0 Å². The second kappa shape index (κ2) is 6.57. The number of aryl methyl sites for hydroxylation is 1. The molecular weight excluding hydrogens is 302 g/mol. The van der Waals surface area contributed by atoms with E-state index in [4.69, 9.17) is 21.1 Å². The minimum absolute atomic E-state index is 0.0247. The van der Waals surface area contributed by atoms with Crippen LogP contribution in [0.25, 0.3) is 0 Å². The van der Waals surface area contributed by atoms with Gasteiger partial charge >= 0.3 is 0 Å². The molecule has 1 spiro atoms. The monoisotopic (exact) mass is 323 g/mol. The predicted molar refractivity (Wildman–Crippen MR) is 85.4 cm³/mol. The molecule has 5 heteroatoms. The SMILES string of the molecule is Cc1cc(Cl)ccc1C(=O)N[C@@H]1CCOC2(CCOCC2)C1. The number of nitrogens with one attached hydrogen (secondary N) is 1. The second-order valence-corrected chi connectivity index (χ2v) is 6.70. The van der Waals surface area contributed by atoms with E-state index in [1.165, 1.54) is 0 Å². The van der Waals surface area contributed by atoms with Crippen molar-refractivity contribution < 1.29 is 14.3 Å². The Morgan fingerprint density at radius 3 is 2.82 bits per heavy atom. The summed E-state index contributed by atoms with van der Waals surface area (Å²) in [4.78, 5) is 12.5. The Bertz CT molecular complexity index is 549. The van der Waals surface area contributed by atoms with Gasteiger partial charge < -0.3 is 14.8 Å². The summed E-state index contributed by atoms with van der Waals surface area (Å²) in [7, 11) is 0. The molecule has 1 N–H and O–H groups in total. The lowest BCUT2D eigenvalue weighted by atomic mass is 9.84. The van der Waals surface area contributed by atoms with Gasteiger partial charge in [0.25, 0.3) is 5.91 Å². The van der Waals surface area contributed by atoms with Gasteiger partial charge in [-0.1, -0.05) is 11.6 Å². The quantitative estimate of drug-likeness (QED) is 0.909. The molecule has 0 bridgehead atoms. The number of carbonyl (C=O) groups excluding carboxylic acids is 1. The number of halogens is 1. The summed E-state index contributed by atoms with van der Waals surface area (Å²) in [5.41, 5.74) is 1.48. The van der Waals surface area contributed by atoms with Crippen LogP contribution in [0.1, 0.15) is 41.6 Å². The standard InChI is InChI=1S/C17H22ClNO3/c1-12-10-13(18)2-3-15(12)16(20)19-14-4-7-22-17(11-14)5-8-21-9-6-17/h2-3,10,14H,4-9,11H2,1H3,(H,19,20)/t14-/m1/s1. The molecule has 0 aromatic heterocycles. The third-order valence-electron chi connectivity index (χ3n) is 4.67. The van der Waals surface area contributed by atoms with Crippen LogP contribution >= 0.6 is 11.6 Å². The van der Waals surface area contributed by atoms with E-state index >= 15 is 0 Å². The Morgan fingerprint density at radius 1 is 1.32 bits per heavy atom. The molecule has 2 fully saturated rings. The van der Waals surface area contributed by atoms with Crippen molar-refractivity contribution in [2.75, 3.05) is 19.8 Å². The maximum atomic E-state index is 12.5. The average Bonchev–Trinajstić information content (AvgIpc) is 2.48. The summed E-state index contributed by atoms with van der Waals surface area (Å²) < 4.78 is 11.4. The minimum Gasteiger partial charge on any atom is -0.381 e. The zero-order chi connectivity index (χ0) is 15.6. The van der Waals surface area contributed by atoms with Crippen molar-refractivity contribution in [3.8, 4) is 0 Å². The first-order valence-electron chi connectivity index (χ1n) is 7.87. The molecule has 0 aliphatic carbocycles. The normalized spacial score (nSPS) is 24.2. The van der Waals surface area contributed by atoms with Crippen LogP contribution in [0.15, 0.2) is 18.2 Å². The van der Waals surface area contributed by atoms with E-state index in [0.717, 1.165) is 44.5 Å². The number of benzene rings is 1. The van der Waals surface area contributed by atoms with E-state index in [0.29, 0.717) is 17.2 Å². The Kier molecular flexibility index (Phi) is 4.71. The highest BCUT2D eigenvalue weighted by Crippen LogP contribution is 2.34. The second-order valence-electron chi connectivity index (χ2n) is 6.27. The lowest BCUT2D eigenvalue weighted by Crippen LogP contribution is -2.51. The smallest absolute Gasteiger partial charge is 0.251 e. The van der Waals surface area contributed by atoms with Crippen LogP contribution in [0.5, 0.6) is 0 Å². The van der Waals surface area contributed by atoms with E-state index in [9.17, 15) is 4.79 Å². The average molecular weight is 324 g/mol. The van der Waals surface area contributed by atoms with Crippen molar-refractivity contribution in [1.82, 2.24) is 5.32 Å². The van der Waals surface area contributed by atoms with Crippen molar-refractivity contribution in [2.45, 2.75) is 44.2 Å². The van der Waals surface area contributed by atoms with Gasteiger partial charge in [-0.25, -0.2) is 0 Å². The van der Waals surface area contributed by atoms with Gasteiger partial charge in [0.15, 0.2) is 0 Å². The summed E-state index contributed by atoms with van der Waals surface area (Å²) in [6.45, 7) is 4.10. The summed E-state index contributed by atoms with van der Waals surface area (Å²) in [6.07, 6.45) is 3.56. The summed E-state index contributed by atoms with van der Waals surface area (Å²) >= 11 is 5.95. The molecule has 3 rings (SSSR count). The topological polar surface area (TPSA) is 47.6 Å². The molecule has 1 aromatic rings.